The first-order valence-corrected chi connectivity index (χ1v) is 8.01. The van der Waals surface area contributed by atoms with Gasteiger partial charge < -0.3 is 15.5 Å². The van der Waals surface area contributed by atoms with Crippen molar-refractivity contribution in [2.75, 3.05) is 23.3 Å². The van der Waals surface area contributed by atoms with Gasteiger partial charge in [0.15, 0.2) is 0 Å². The van der Waals surface area contributed by atoms with E-state index in [2.05, 4.69) is 15.5 Å². The zero-order valence-corrected chi connectivity index (χ0v) is 13.6. The summed E-state index contributed by atoms with van der Waals surface area (Å²) in [4.78, 5) is 26.3. The largest absolute Gasteiger partial charge is 0.371 e. The van der Waals surface area contributed by atoms with Crippen molar-refractivity contribution in [1.82, 2.24) is 5.32 Å². The second-order valence-corrected chi connectivity index (χ2v) is 5.96. The van der Waals surface area contributed by atoms with Gasteiger partial charge in [-0.1, -0.05) is 6.92 Å². The summed E-state index contributed by atoms with van der Waals surface area (Å²) in [6.45, 7) is 7.64. The molecule has 2 amide bonds. The minimum absolute atomic E-state index is 0.0517. The smallest absolute Gasteiger partial charge is 0.253 e. The molecule has 1 aromatic carbocycles. The lowest BCUT2D eigenvalue weighted by Gasteiger charge is -2.22. The van der Waals surface area contributed by atoms with E-state index < -0.39 is 0 Å². The third-order valence-electron chi connectivity index (χ3n) is 3.71. The third-order valence-corrected chi connectivity index (χ3v) is 3.71. The van der Waals surface area contributed by atoms with Crippen molar-refractivity contribution in [3.63, 3.8) is 0 Å². The molecule has 0 aliphatic carbocycles. The molecule has 0 saturated carbocycles. The van der Waals surface area contributed by atoms with E-state index >= 15 is 0 Å². The highest BCUT2D eigenvalue weighted by Crippen LogP contribution is 2.27. The Morgan fingerprint density at radius 1 is 1.23 bits per heavy atom. The second kappa shape index (κ2) is 7.29. The Bertz CT molecular complexity index is 549. The molecule has 1 aliphatic heterocycles. The van der Waals surface area contributed by atoms with Gasteiger partial charge >= 0.3 is 0 Å². The van der Waals surface area contributed by atoms with E-state index in [0.717, 1.165) is 31.6 Å². The van der Waals surface area contributed by atoms with Gasteiger partial charge in [-0.05, 0) is 44.9 Å². The molecule has 0 bridgehead atoms. The lowest BCUT2D eigenvalue weighted by molar-refractivity contribution is -0.115. The van der Waals surface area contributed by atoms with Crippen LogP contribution in [0.3, 0.4) is 0 Å². The Labute approximate surface area is 132 Å². The maximum atomic E-state index is 12.5. The summed E-state index contributed by atoms with van der Waals surface area (Å²) >= 11 is 0. The lowest BCUT2D eigenvalue weighted by atomic mass is 10.1. The number of carbonyl (C=O) groups is 2. The van der Waals surface area contributed by atoms with E-state index in [-0.39, 0.29) is 17.9 Å². The van der Waals surface area contributed by atoms with Crippen molar-refractivity contribution in [1.29, 1.82) is 0 Å². The monoisotopic (exact) mass is 303 g/mol. The molecule has 0 aromatic heterocycles. The Hall–Kier alpha value is -2.04. The normalized spacial score (nSPS) is 14.3. The SMILES string of the molecule is CCC(=O)Nc1ccc(N2CCCC2)c(C(=O)NC(C)C)c1. The molecule has 0 radical (unpaired) electrons. The molecule has 2 N–H and O–H groups in total. The molecule has 2 rings (SSSR count). The van der Waals surface area contributed by atoms with Crippen molar-refractivity contribution in [3.05, 3.63) is 23.8 Å². The topological polar surface area (TPSA) is 61.4 Å². The predicted molar refractivity (Wildman–Crippen MR) is 89.4 cm³/mol. The third kappa shape index (κ3) is 4.00. The fourth-order valence-corrected chi connectivity index (χ4v) is 2.62. The van der Waals surface area contributed by atoms with Crippen LogP contribution in [0.5, 0.6) is 0 Å². The number of anilines is 2. The van der Waals surface area contributed by atoms with Crippen LogP contribution in [0.4, 0.5) is 11.4 Å². The van der Waals surface area contributed by atoms with Crippen LogP contribution < -0.4 is 15.5 Å². The molecule has 1 aliphatic rings. The zero-order valence-electron chi connectivity index (χ0n) is 13.6. The Morgan fingerprint density at radius 3 is 2.50 bits per heavy atom. The van der Waals surface area contributed by atoms with Crippen LogP contribution in [-0.4, -0.2) is 30.9 Å². The fraction of sp³-hybridized carbons (Fsp3) is 0.529. The Balaban J connectivity index is 2.31. The van der Waals surface area contributed by atoms with Crippen LogP contribution in [0.2, 0.25) is 0 Å². The quantitative estimate of drug-likeness (QED) is 0.879. The molecule has 0 unspecified atom stereocenters. The van der Waals surface area contributed by atoms with Crippen LogP contribution in [0.25, 0.3) is 0 Å². The van der Waals surface area contributed by atoms with Gasteiger partial charge in [0.2, 0.25) is 5.91 Å². The van der Waals surface area contributed by atoms with Crippen LogP contribution in [-0.2, 0) is 4.79 Å². The summed E-state index contributed by atoms with van der Waals surface area (Å²) in [5.74, 6) is -0.145. The van der Waals surface area contributed by atoms with Crippen molar-refractivity contribution < 1.29 is 9.59 Å². The molecule has 1 fully saturated rings. The standard InChI is InChI=1S/C17H25N3O2/c1-4-16(21)19-13-7-8-15(20-9-5-6-10-20)14(11-13)17(22)18-12(2)3/h7-8,11-12H,4-6,9-10H2,1-3H3,(H,18,22)(H,19,21). The van der Waals surface area contributed by atoms with Crippen LogP contribution in [0.1, 0.15) is 50.4 Å². The summed E-state index contributed by atoms with van der Waals surface area (Å²) in [6, 6.07) is 5.66. The highest BCUT2D eigenvalue weighted by atomic mass is 16.2. The number of hydrogen-bond acceptors (Lipinski definition) is 3. The number of carbonyl (C=O) groups excluding carboxylic acids is 2. The van der Waals surface area contributed by atoms with Gasteiger partial charge in [-0.2, -0.15) is 0 Å². The molecule has 1 aromatic rings. The van der Waals surface area contributed by atoms with Gasteiger partial charge in [0.1, 0.15) is 0 Å². The number of rotatable bonds is 5. The van der Waals surface area contributed by atoms with Crippen molar-refractivity contribution in [3.8, 4) is 0 Å². The Kier molecular flexibility index (Phi) is 5.41. The van der Waals surface area contributed by atoms with Gasteiger partial charge in [-0.25, -0.2) is 0 Å². The summed E-state index contributed by atoms with van der Waals surface area (Å²) in [5, 5.41) is 5.76. The number of nitrogens with zero attached hydrogens (tertiary/aromatic N) is 1. The minimum Gasteiger partial charge on any atom is -0.371 e. The molecule has 1 heterocycles. The molecule has 0 spiro atoms. The van der Waals surface area contributed by atoms with Crippen molar-refractivity contribution in [2.45, 2.75) is 46.1 Å². The second-order valence-electron chi connectivity index (χ2n) is 5.96. The molecule has 1 saturated heterocycles. The van der Waals surface area contributed by atoms with Crippen molar-refractivity contribution in [2.24, 2.45) is 0 Å². The fourth-order valence-electron chi connectivity index (χ4n) is 2.62. The maximum absolute atomic E-state index is 12.5. The molecule has 0 atom stereocenters. The van der Waals surface area contributed by atoms with E-state index in [1.54, 1.807) is 13.0 Å². The Morgan fingerprint density at radius 2 is 1.91 bits per heavy atom. The average Bonchev–Trinajstić information content (AvgIpc) is 3.00. The van der Waals surface area contributed by atoms with Gasteiger partial charge in [0.25, 0.3) is 5.91 Å². The molecule has 5 heteroatoms. The van der Waals surface area contributed by atoms with Crippen molar-refractivity contribution >= 4 is 23.2 Å². The van der Waals surface area contributed by atoms with Crippen LogP contribution >= 0.6 is 0 Å². The van der Waals surface area contributed by atoms with Gasteiger partial charge in [-0.3, -0.25) is 9.59 Å². The molecular formula is C17H25N3O2. The minimum atomic E-state index is -0.0931. The summed E-state index contributed by atoms with van der Waals surface area (Å²) < 4.78 is 0. The molecule has 5 nitrogen and oxygen atoms in total. The van der Waals surface area contributed by atoms with Gasteiger partial charge in [0, 0.05) is 36.9 Å². The first-order valence-electron chi connectivity index (χ1n) is 8.01. The number of benzene rings is 1. The zero-order chi connectivity index (χ0) is 16.1. The van der Waals surface area contributed by atoms with E-state index in [4.69, 9.17) is 0 Å². The average molecular weight is 303 g/mol. The predicted octanol–water partition coefficient (Wildman–Crippen LogP) is 2.77. The highest BCUT2D eigenvalue weighted by molar-refractivity contribution is 6.02. The van der Waals surface area contributed by atoms with E-state index in [1.807, 2.05) is 26.0 Å². The van der Waals surface area contributed by atoms with Crippen LogP contribution in [0, 0.1) is 0 Å². The van der Waals surface area contributed by atoms with Gasteiger partial charge in [0.05, 0.1) is 5.56 Å². The summed E-state index contributed by atoms with van der Waals surface area (Å²) in [5.41, 5.74) is 2.25. The maximum Gasteiger partial charge on any atom is 0.253 e. The van der Waals surface area contributed by atoms with E-state index in [0.29, 0.717) is 17.7 Å². The lowest BCUT2D eigenvalue weighted by Crippen LogP contribution is -2.32. The number of amides is 2. The summed E-state index contributed by atoms with van der Waals surface area (Å²) in [7, 11) is 0. The van der Waals surface area contributed by atoms with Crippen LogP contribution in [0.15, 0.2) is 18.2 Å². The van der Waals surface area contributed by atoms with E-state index in [9.17, 15) is 9.59 Å². The first-order chi connectivity index (χ1) is 10.5. The first kappa shape index (κ1) is 16.3. The highest BCUT2D eigenvalue weighted by Gasteiger charge is 2.20. The number of hydrogen-bond donors (Lipinski definition) is 2. The molecule has 22 heavy (non-hydrogen) atoms. The molecular weight excluding hydrogens is 278 g/mol. The molecule has 120 valence electrons. The van der Waals surface area contributed by atoms with Gasteiger partial charge in [-0.15, -0.1) is 0 Å². The number of nitrogens with one attached hydrogen (secondary N) is 2. The van der Waals surface area contributed by atoms with E-state index in [1.165, 1.54) is 0 Å². The summed E-state index contributed by atoms with van der Waals surface area (Å²) in [6.07, 6.45) is 2.72.